The number of hydrogen-bond acceptors (Lipinski definition) is 2. The summed E-state index contributed by atoms with van der Waals surface area (Å²) < 4.78 is 0. The first-order chi connectivity index (χ1) is 8.54. The minimum Gasteiger partial charge on any atom is -0.402 e. The third-order valence-corrected chi connectivity index (χ3v) is 3.24. The Balaban J connectivity index is 2.70. The predicted octanol–water partition coefficient (Wildman–Crippen LogP) is 3.43. The highest BCUT2D eigenvalue weighted by molar-refractivity contribution is 5.60. The van der Waals surface area contributed by atoms with Crippen LogP contribution in [0.4, 0.5) is 0 Å². The second-order valence-electron chi connectivity index (χ2n) is 5.13. The zero-order valence-electron chi connectivity index (χ0n) is 11.9. The van der Waals surface area contributed by atoms with Gasteiger partial charge in [-0.3, -0.25) is 0 Å². The van der Waals surface area contributed by atoms with Crippen LogP contribution in [0, 0.1) is 20.8 Å². The van der Waals surface area contributed by atoms with Crippen LogP contribution >= 0.6 is 0 Å². The minimum absolute atomic E-state index is 0.778. The van der Waals surface area contributed by atoms with Crippen molar-refractivity contribution >= 4 is 6.08 Å². The van der Waals surface area contributed by atoms with Crippen LogP contribution in [0.5, 0.6) is 0 Å². The van der Waals surface area contributed by atoms with Crippen LogP contribution in [-0.4, -0.2) is 6.54 Å². The smallest absolute Gasteiger partial charge is 0.00866 e. The molecule has 2 nitrogen and oxygen atoms in total. The fourth-order valence-electron chi connectivity index (χ4n) is 2.33. The zero-order valence-corrected chi connectivity index (χ0v) is 11.9. The van der Waals surface area contributed by atoms with Gasteiger partial charge in [-0.15, -0.1) is 0 Å². The normalized spacial score (nSPS) is 11.9. The average molecular weight is 246 g/mol. The number of nitrogens with two attached hydrogens (primary N) is 2. The summed E-state index contributed by atoms with van der Waals surface area (Å²) in [5.41, 5.74) is 17.7. The lowest BCUT2D eigenvalue weighted by molar-refractivity contribution is 0.682. The molecule has 0 heterocycles. The van der Waals surface area contributed by atoms with Crippen molar-refractivity contribution in [3.05, 3.63) is 40.1 Å². The van der Waals surface area contributed by atoms with Crippen LogP contribution < -0.4 is 11.5 Å². The SMILES string of the molecule is Cc1cc(C)c(C=C(N)CCCCCN)c(C)c1. The van der Waals surface area contributed by atoms with Crippen molar-refractivity contribution in [2.45, 2.75) is 46.5 Å². The van der Waals surface area contributed by atoms with E-state index < -0.39 is 0 Å². The number of hydrogen-bond donors (Lipinski definition) is 2. The van der Waals surface area contributed by atoms with Gasteiger partial charge in [0.05, 0.1) is 0 Å². The molecule has 0 amide bonds. The fraction of sp³-hybridized carbons (Fsp3) is 0.500. The molecule has 0 aromatic heterocycles. The monoisotopic (exact) mass is 246 g/mol. The van der Waals surface area contributed by atoms with Gasteiger partial charge < -0.3 is 11.5 Å². The molecule has 1 rings (SSSR count). The Kier molecular flexibility index (Phi) is 5.93. The van der Waals surface area contributed by atoms with E-state index in [2.05, 4.69) is 39.0 Å². The van der Waals surface area contributed by atoms with Gasteiger partial charge in [0.2, 0.25) is 0 Å². The molecule has 1 aromatic rings. The number of unbranched alkanes of at least 4 members (excludes halogenated alkanes) is 2. The van der Waals surface area contributed by atoms with Crippen LogP contribution in [0.15, 0.2) is 17.8 Å². The van der Waals surface area contributed by atoms with Crippen LogP contribution in [0.3, 0.4) is 0 Å². The first kappa shape index (κ1) is 14.8. The summed E-state index contributed by atoms with van der Waals surface area (Å²) in [7, 11) is 0. The molecule has 0 fully saturated rings. The predicted molar refractivity (Wildman–Crippen MR) is 80.3 cm³/mol. The Labute approximate surface area is 111 Å². The summed E-state index contributed by atoms with van der Waals surface area (Å²) in [6.07, 6.45) is 6.48. The van der Waals surface area contributed by atoms with E-state index in [0.29, 0.717) is 0 Å². The van der Waals surface area contributed by atoms with Crippen molar-refractivity contribution in [3.63, 3.8) is 0 Å². The van der Waals surface area contributed by atoms with E-state index in [9.17, 15) is 0 Å². The van der Waals surface area contributed by atoms with Crippen molar-refractivity contribution in [2.75, 3.05) is 6.54 Å². The van der Waals surface area contributed by atoms with Gasteiger partial charge in [0.1, 0.15) is 0 Å². The largest absolute Gasteiger partial charge is 0.402 e. The van der Waals surface area contributed by atoms with E-state index in [1.165, 1.54) is 22.3 Å². The van der Waals surface area contributed by atoms with Crippen molar-refractivity contribution in [1.82, 2.24) is 0 Å². The van der Waals surface area contributed by atoms with Gasteiger partial charge >= 0.3 is 0 Å². The maximum Gasteiger partial charge on any atom is 0.00866 e. The van der Waals surface area contributed by atoms with Gasteiger partial charge in [-0.05, 0) is 69.3 Å². The Morgan fingerprint density at radius 3 is 2.22 bits per heavy atom. The Morgan fingerprint density at radius 1 is 1.06 bits per heavy atom. The Bertz CT molecular complexity index is 396. The van der Waals surface area contributed by atoms with E-state index in [4.69, 9.17) is 11.5 Å². The molecule has 18 heavy (non-hydrogen) atoms. The fourth-order valence-corrected chi connectivity index (χ4v) is 2.33. The average Bonchev–Trinajstić information content (AvgIpc) is 2.29. The Morgan fingerprint density at radius 2 is 1.67 bits per heavy atom. The zero-order chi connectivity index (χ0) is 13.5. The molecule has 4 N–H and O–H groups in total. The third kappa shape index (κ3) is 4.53. The molecule has 0 radical (unpaired) electrons. The summed E-state index contributed by atoms with van der Waals surface area (Å²) in [6.45, 7) is 7.20. The maximum atomic E-state index is 6.09. The summed E-state index contributed by atoms with van der Waals surface area (Å²) in [4.78, 5) is 0. The molecule has 0 saturated heterocycles. The van der Waals surface area contributed by atoms with Crippen molar-refractivity contribution < 1.29 is 0 Å². The van der Waals surface area contributed by atoms with E-state index >= 15 is 0 Å². The molecular weight excluding hydrogens is 220 g/mol. The second-order valence-corrected chi connectivity index (χ2v) is 5.13. The first-order valence-electron chi connectivity index (χ1n) is 6.78. The van der Waals surface area contributed by atoms with E-state index in [1.807, 2.05) is 0 Å². The summed E-state index contributed by atoms with van der Waals surface area (Å²) in [5.74, 6) is 0. The Hall–Kier alpha value is -1.28. The van der Waals surface area contributed by atoms with Crippen LogP contribution in [-0.2, 0) is 0 Å². The number of benzene rings is 1. The molecule has 1 aromatic carbocycles. The number of rotatable bonds is 6. The van der Waals surface area contributed by atoms with Crippen molar-refractivity contribution in [3.8, 4) is 0 Å². The van der Waals surface area contributed by atoms with Gasteiger partial charge in [-0.25, -0.2) is 0 Å². The summed E-state index contributed by atoms with van der Waals surface area (Å²) >= 11 is 0. The minimum atomic E-state index is 0.778. The highest BCUT2D eigenvalue weighted by Crippen LogP contribution is 2.19. The number of aryl methyl sites for hydroxylation is 3. The number of allylic oxidation sites excluding steroid dienone is 1. The molecule has 0 aliphatic rings. The molecule has 0 spiro atoms. The van der Waals surface area contributed by atoms with Gasteiger partial charge in [-0.1, -0.05) is 24.1 Å². The highest BCUT2D eigenvalue weighted by Gasteiger charge is 2.02. The summed E-state index contributed by atoms with van der Waals surface area (Å²) in [6, 6.07) is 4.42. The summed E-state index contributed by atoms with van der Waals surface area (Å²) in [5, 5.41) is 0. The lowest BCUT2D eigenvalue weighted by atomic mass is 9.98. The van der Waals surface area contributed by atoms with Gasteiger partial charge in [0.25, 0.3) is 0 Å². The van der Waals surface area contributed by atoms with Crippen LogP contribution in [0.25, 0.3) is 6.08 Å². The second kappa shape index (κ2) is 7.22. The van der Waals surface area contributed by atoms with Crippen molar-refractivity contribution in [2.24, 2.45) is 11.5 Å². The van der Waals surface area contributed by atoms with Crippen LogP contribution in [0.1, 0.15) is 47.9 Å². The molecule has 2 heteroatoms. The van der Waals surface area contributed by atoms with Gasteiger partial charge in [0, 0.05) is 5.70 Å². The molecule has 0 aliphatic carbocycles. The molecular formula is C16H26N2. The molecule has 0 atom stereocenters. The molecule has 0 unspecified atom stereocenters. The molecule has 0 saturated carbocycles. The first-order valence-corrected chi connectivity index (χ1v) is 6.78. The van der Waals surface area contributed by atoms with Crippen LogP contribution in [0.2, 0.25) is 0 Å². The van der Waals surface area contributed by atoms with E-state index in [0.717, 1.165) is 37.9 Å². The van der Waals surface area contributed by atoms with E-state index in [1.54, 1.807) is 0 Å². The van der Waals surface area contributed by atoms with E-state index in [-0.39, 0.29) is 0 Å². The molecule has 0 aliphatic heterocycles. The van der Waals surface area contributed by atoms with Gasteiger partial charge in [0.15, 0.2) is 0 Å². The molecule has 100 valence electrons. The topological polar surface area (TPSA) is 52.0 Å². The third-order valence-electron chi connectivity index (χ3n) is 3.24. The lowest BCUT2D eigenvalue weighted by Crippen LogP contribution is -2.01. The highest BCUT2D eigenvalue weighted by atomic mass is 14.6. The lowest BCUT2D eigenvalue weighted by Gasteiger charge is -2.09. The quantitative estimate of drug-likeness (QED) is 0.756. The van der Waals surface area contributed by atoms with Gasteiger partial charge in [-0.2, -0.15) is 0 Å². The van der Waals surface area contributed by atoms with Crippen molar-refractivity contribution in [1.29, 1.82) is 0 Å². The standard InChI is InChI=1S/C16H26N2/c1-12-9-13(2)16(14(3)10-12)11-15(18)7-5-4-6-8-17/h9-11H,4-8,17-18H2,1-3H3. The molecule has 0 bridgehead atoms. The maximum absolute atomic E-state index is 6.09.